The number of hydrogen-bond acceptors (Lipinski definition) is 0. The summed E-state index contributed by atoms with van der Waals surface area (Å²) in [4.78, 5) is 0. The minimum absolute atomic E-state index is 0. The van der Waals surface area contributed by atoms with Crippen LogP contribution >= 0.6 is 0 Å². The predicted octanol–water partition coefficient (Wildman–Crippen LogP) is 3.91. The van der Waals surface area contributed by atoms with Crippen molar-refractivity contribution < 1.29 is 18.1 Å². The summed E-state index contributed by atoms with van der Waals surface area (Å²) in [5, 5.41) is 0. The van der Waals surface area contributed by atoms with Gasteiger partial charge in [-0.15, -0.1) is 0 Å². The van der Waals surface area contributed by atoms with Gasteiger partial charge in [0.1, 0.15) is 0 Å². The SMILES string of the molecule is CCC(CC)(CC)CCCCCCCCCCCCCCC[NH3+].[Cl-]. The first-order valence-electron chi connectivity index (χ1n) is 11.0. The minimum atomic E-state index is 0. The van der Waals surface area contributed by atoms with Gasteiger partial charge in [-0.3, -0.25) is 0 Å². The van der Waals surface area contributed by atoms with Gasteiger partial charge in [0, 0.05) is 0 Å². The Labute approximate surface area is 160 Å². The lowest BCUT2D eigenvalue weighted by Gasteiger charge is -2.30. The Morgan fingerprint density at radius 1 is 0.500 bits per heavy atom. The second-order valence-corrected chi connectivity index (χ2v) is 7.76. The molecule has 0 aromatic rings. The van der Waals surface area contributed by atoms with E-state index in [1.54, 1.807) is 0 Å². The third-order valence-electron chi connectivity index (χ3n) is 6.21. The van der Waals surface area contributed by atoms with Gasteiger partial charge in [-0.05, 0) is 24.7 Å². The van der Waals surface area contributed by atoms with Crippen LogP contribution in [0.4, 0.5) is 0 Å². The first-order valence-corrected chi connectivity index (χ1v) is 11.0. The van der Waals surface area contributed by atoms with E-state index >= 15 is 0 Å². The summed E-state index contributed by atoms with van der Waals surface area (Å²) in [5.74, 6) is 0. The molecule has 0 heterocycles. The molecule has 1 nitrogen and oxygen atoms in total. The van der Waals surface area contributed by atoms with Crippen LogP contribution in [-0.4, -0.2) is 6.54 Å². The van der Waals surface area contributed by atoms with Gasteiger partial charge in [0.2, 0.25) is 0 Å². The second kappa shape index (κ2) is 19.6. The van der Waals surface area contributed by atoms with Gasteiger partial charge >= 0.3 is 0 Å². The molecule has 24 heavy (non-hydrogen) atoms. The molecule has 0 spiro atoms. The van der Waals surface area contributed by atoms with Crippen LogP contribution in [0.5, 0.6) is 0 Å². The van der Waals surface area contributed by atoms with Crippen LogP contribution < -0.4 is 18.1 Å². The monoisotopic (exact) mass is 361 g/mol. The molecular formula is C22H48ClN. The van der Waals surface area contributed by atoms with Crippen molar-refractivity contribution in [2.75, 3.05) is 6.54 Å². The van der Waals surface area contributed by atoms with Gasteiger partial charge < -0.3 is 18.1 Å². The van der Waals surface area contributed by atoms with Crippen molar-refractivity contribution in [3.8, 4) is 0 Å². The molecule has 0 unspecified atom stereocenters. The average molecular weight is 362 g/mol. The molecule has 0 bridgehead atoms. The lowest BCUT2D eigenvalue weighted by Crippen LogP contribution is -3.00. The van der Waals surface area contributed by atoms with Crippen LogP contribution in [0.15, 0.2) is 0 Å². The van der Waals surface area contributed by atoms with Crippen LogP contribution in [0, 0.1) is 5.41 Å². The Balaban J connectivity index is 0. The lowest BCUT2D eigenvalue weighted by atomic mass is 9.75. The van der Waals surface area contributed by atoms with Crippen molar-refractivity contribution in [3.05, 3.63) is 0 Å². The molecule has 0 aliphatic carbocycles. The van der Waals surface area contributed by atoms with E-state index in [0.29, 0.717) is 5.41 Å². The molecule has 0 aliphatic heterocycles. The van der Waals surface area contributed by atoms with Gasteiger partial charge in [0.05, 0.1) is 6.54 Å². The Bertz CT molecular complexity index is 218. The van der Waals surface area contributed by atoms with Crippen LogP contribution in [0.2, 0.25) is 0 Å². The molecule has 0 aromatic heterocycles. The van der Waals surface area contributed by atoms with E-state index in [2.05, 4.69) is 26.5 Å². The number of quaternary nitrogens is 1. The summed E-state index contributed by atoms with van der Waals surface area (Å²) in [5.41, 5.74) is 4.57. The van der Waals surface area contributed by atoms with Crippen molar-refractivity contribution in [2.45, 2.75) is 130 Å². The van der Waals surface area contributed by atoms with Crippen molar-refractivity contribution in [2.24, 2.45) is 5.41 Å². The Kier molecular flexibility index (Phi) is 21.6. The number of halogens is 1. The summed E-state index contributed by atoms with van der Waals surface area (Å²) >= 11 is 0. The molecular weight excluding hydrogens is 314 g/mol. The minimum Gasteiger partial charge on any atom is -1.00 e. The molecule has 0 saturated heterocycles. The molecule has 0 aromatic carbocycles. The molecule has 2 heteroatoms. The third kappa shape index (κ3) is 14.6. The quantitative estimate of drug-likeness (QED) is 0.358. The van der Waals surface area contributed by atoms with E-state index in [9.17, 15) is 0 Å². The van der Waals surface area contributed by atoms with Crippen LogP contribution in [0.3, 0.4) is 0 Å². The zero-order chi connectivity index (χ0) is 17.2. The van der Waals surface area contributed by atoms with E-state index in [0.717, 1.165) is 6.54 Å². The molecule has 3 N–H and O–H groups in total. The topological polar surface area (TPSA) is 27.6 Å². The predicted molar refractivity (Wildman–Crippen MR) is 106 cm³/mol. The van der Waals surface area contributed by atoms with Gasteiger partial charge in [-0.25, -0.2) is 0 Å². The fraction of sp³-hybridized carbons (Fsp3) is 1.00. The van der Waals surface area contributed by atoms with Crippen LogP contribution in [0.1, 0.15) is 130 Å². The van der Waals surface area contributed by atoms with Crippen molar-refractivity contribution in [1.29, 1.82) is 0 Å². The molecule has 0 atom stereocenters. The number of unbranched alkanes of at least 4 members (excludes halogenated alkanes) is 12. The van der Waals surface area contributed by atoms with Gasteiger partial charge in [0.25, 0.3) is 0 Å². The second-order valence-electron chi connectivity index (χ2n) is 7.76. The van der Waals surface area contributed by atoms with E-state index in [4.69, 9.17) is 0 Å². The highest BCUT2D eigenvalue weighted by Gasteiger charge is 2.22. The van der Waals surface area contributed by atoms with Crippen molar-refractivity contribution in [1.82, 2.24) is 0 Å². The van der Waals surface area contributed by atoms with E-state index in [1.807, 2.05) is 0 Å². The fourth-order valence-electron chi connectivity index (χ4n) is 3.90. The summed E-state index contributed by atoms with van der Waals surface area (Å²) < 4.78 is 0. The number of hydrogen-bond donors (Lipinski definition) is 1. The highest BCUT2D eigenvalue weighted by atomic mass is 35.5. The maximum absolute atomic E-state index is 3.90. The van der Waals surface area contributed by atoms with E-state index in [1.165, 1.54) is 109 Å². The number of rotatable bonds is 18. The van der Waals surface area contributed by atoms with Gasteiger partial charge in [-0.2, -0.15) is 0 Å². The largest absolute Gasteiger partial charge is 1.00 e. The summed E-state index contributed by atoms with van der Waals surface area (Å²) in [6.07, 6.45) is 24.4. The van der Waals surface area contributed by atoms with Crippen molar-refractivity contribution in [3.63, 3.8) is 0 Å². The summed E-state index contributed by atoms with van der Waals surface area (Å²) in [7, 11) is 0. The highest BCUT2D eigenvalue weighted by Crippen LogP contribution is 2.36. The van der Waals surface area contributed by atoms with Crippen LogP contribution in [0.25, 0.3) is 0 Å². The normalized spacial score (nSPS) is 11.5. The fourth-order valence-corrected chi connectivity index (χ4v) is 3.90. The Morgan fingerprint density at radius 3 is 1.08 bits per heavy atom. The van der Waals surface area contributed by atoms with Crippen LogP contribution in [-0.2, 0) is 0 Å². The van der Waals surface area contributed by atoms with E-state index < -0.39 is 0 Å². The molecule has 0 fully saturated rings. The average Bonchev–Trinajstić information content (AvgIpc) is 2.59. The standard InChI is InChI=1S/C22H47N.ClH/c1-4-22(5-2,6-3)20-18-16-14-12-10-8-7-9-11-13-15-17-19-21-23;/h4-21,23H2,1-3H3;1H. The Hall–Kier alpha value is 0.250. The molecule has 0 amide bonds. The zero-order valence-corrected chi connectivity index (χ0v) is 18.1. The first kappa shape index (κ1) is 26.5. The highest BCUT2D eigenvalue weighted by molar-refractivity contribution is 4.74. The first-order chi connectivity index (χ1) is 11.2. The van der Waals surface area contributed by atoms with Gasteiger partial charge in [-0.1, -0.05) is 111 Å². The summed E-state index contributed by atoms with van der Waals surface area (Å²) in [6.45, 7) is 8.27. The van der Waals surface area contributed by atoms with E-state index in [-0.39, 0.29) is 12.4 Å². The molecule has 0 rings (SSSR count). The molecule has 0 aliphatic rings. The maximum Gasteiger partial charge on any atom is 0.0739 e. The smallest absolute Gasteiger partial charge is 0.0739 e. The zero-order valence-electron chi connectivity index (χ0n) is 17.3. The third-order valence-corrected chi connectivity index (χ3v) is 6.21. The van der Waals surface area contributed by atoms with Gasteiger partial charge in [0.15, 0.2) is 0 Å². The molecule has 148 valence electrons. The molecule has 0 radical (unpaired) electrons. The lowest BCUT2D eigenvalue weighted by molar-refractivity contribution is -0.368. The van der Waals surface area contributed by atoms with Crippen molar-refractivity contribution >= 4 is 0 Å². The summed E-state index contributed by atoms with van der Waals surface area (Å²) in [6, 6.07) is 0. The Morgan fingerprint density at radius 2 is 0.792 bits per heavy atom. The maximum atomic E-state index is 3.90. The molecule has 0 saturated carbocycles.